The summed E-state index contributed by atoms with van der Waals surface area (Å²) in [5.74, 6) is 0.954. The molecule has 0 aliphatic carbocycles. The summed E-state index contributed by atoms with van der Waals surface area (Å²) in [5, 5.41) is 5.57. The van der Waals surface area contributed by atoms with Crippen LogP contribution in [-0.4, -0.2) is 9.55 Å². The van der Waals surface area contributed by atoms with Gasteiger partial charge in [0.05, 0.1) is 6.54 Å². The van der Waals surface area contributed by atoms with Crippen LogP contribution in [0.15, 0.2) is 23.8 Å². The van der Waals surface area contributed by atoms with Gasteiger partial charge in [-0.05, 0) is 37.3 Å². The minimum absolute atomic E-state index is 0.439. The SMILES string of the molecule is CCc1ccsc1CNc1nccn1C(C)C. The van der Waals surface area contributed by atoms with Crippen molar-refractivity contribution in [2.45, 2.75) is 39.8 Å². The van der Waals surface area contributed by atoms with Crippen LogP contribution >= 0.6 is 11.3 Å². The van der Waals surface area contributed by atoms with Crippen molar-refractivity contribution in [3.63, 3.8) is 0 Å². The van der Waals surface area contributed by atoms with E-state index in [0.717, 1.165) is 18.9 Å². The lowest BCUT2D eigenvalue weighted by Gasteiger charge is -2.12. The molecule has 0 spiro atoms. The fourth-order valence-electron chi connectivity index (χ4n) is 1.86. The standard InChI is InChI=1S/C13H19N3S/c1-4-11-5-8-17-12(11)9-15-13-14-6-7-16(13)10(2)3/h5-8,10H,4,9H2,1-3H3,(H,14,15). The average Bonchev–Trinajstić information content (AvgIpc) is 2.94. The van der Waals surface area contributed by atoms with Gasteiger partial charge in [0.1, 0.15) is 0 Å². The first-order chi connectivity index (χ1) is 8.22. The van der Waals surface area contributed by atoms with Crippen molar-refractivity contribution in [3.8, 4) is 0 Å². The Labute approximate surface area is 107 Å². The molecule has 92 valence electrons. The number of nitrogens with one attached hydrogen (secondary N) is 1. The van der Waals surface area contributed by atoms with Crippen molar-refractivity contribution in [1.82, 2.24) is 9.55 Å². The maximum atomic E-state index is 4.35. The third-order valence-electron chi connectivity index (χ3n) is 2.85. The van der Waals surface area contributed by atoms with E-state index in [-0.39, 0.29) is 0 Å². The number of hydrogen-bond donors (Lipinski definition) is 1. The molecule has 17 heavy (non-hydrogen) atoms. The largest absolute Gasteiger partial charge is 0.351 e. The summed E-state index contributed by atoms with van der Waals surface area (Å²) in [7, 11) is 0. The second kappa shape index (κ2) is 5.36. The van der Waals surface area contributed by atoms with E-state index >= 15 is 0 Å². The quantitative estimate of drug-likeness (QED) is 0.875. The maximum absolute atomic E-state index is 4.35. The first-order valence-corrected chi connectivity index (χ1v) is 6.92. The van der Waals surface area contributed by atoms with Gasteiger partial charge in [0.2, 0.25) is 5.95 Å². The lowest BCUT2D eigenvalue weighted by molar-refractivity contribution is 0.604. The average molecular weight is 249 g/mol. The molecule has 2 aromatic rings. The van der Waals surface area contributed by atoms with E-state index in [2.05, 4.69) is 47.1 Å². The summed E-state index contributed by atoms with van der Waals surface area (Å²) in [5.41, 5.74) is 1.44. The molecule has 2 rings (SSSR count). The minimum atomic E-state index is 0.439. The molecule has 0 bridgehead atoms. The van der Waals surface area contributed by atoms with Crippen LogP contribution in [0.1, 0.15) is 37.3 Å². The fraction of sp³-hybridized carbons (Fsp3) is 0.462. The van der Waals surface area contributed by atoms with Gasteiger partial charge in [0.15, 0.2) is 0 Å². The van der Waals surface area contributed by atoms with Crippen molar-refractivity contribution in [1.29, 1.82) is 0 Å². The number of hydrogen-bond acceptors (Lipinski definition) is 3. The summed E-state index contributed by atoms with van der Waals surface area (Å²) in [6.45, 7) is 7.39. The van der Waals surface area contributed by atoms with E-state index in [9.17, 15) is 0 Å². The van der Waals surface area contributed by atoms with Gasteiger partial charge >= 0.3 is 0 Å². The number of aryl methyl sites for hydroxylation is 1. The Hall–Kier alpha value is -1.29. The molecule has 0 radical (unpaired) electrons. The number of anilines is 1. The van der Waals surface area contributed by atoms with Crippen LogP contribution in [0.4, 0.5) is 5.95 Å². The Morgan fingerprint density at radius 1 is 1.47 bits per heavy atom. The topological polar surface area (TPSA) is 29.9 Å². The van der Waals surface area contributed by atoms with Gasteiger partial charge in [0.25, 0.3) is 0 Å². The molecule has 0 aliphatic heterocycles. The molecule has 0 aromatic carbocycles. The monoisotopic (exact) mass is 249 g/mol. The zero-order chi connectivity index (χ0) is 12.3. The highest BCUT2D eigenvalue weighted by atomic mass is 32.1. The first-order valence-electron chi connectivity index (χ1n) is 6.04. The van der Waals surface area contributed by atoms with E-state index in [1.54, 1.807) is 0 Å². The van der Waals surface area contributed by atoms with Gasteiger partial charge in [-0.25, -0.2) is 4.98 Å². The van der Waals surface area contributed by atoms with Gasteiger partial charge < -0.3 is 9.88 Å². The van der Waals surface area contributed by atoms with E-state index in [4.69, 9.17) is 0 Å². The zero-order valence-corrected chi connectivity index (χ0v) is 11.4. The molecule has 2 aromatic heterocycles. The normalized spacial score (nSPS) is 11.1. The van der Waals surface area contributed by atoms with Gasteiger partial charge in [-0.1, -0.05) is 6.92 Å². The number of imidazole rings is 1. The predicted octanol–water partition coefficient (Wildman–Crippen LogP) is 3.70. The van der Waals surface area contributed by atoms with Gasteiger partial charge in [-0.2, -0.15) is 0 Å². The second-order valence-corrected chi connectivity index (χ2v) is 5.33. The molecule has 0 aliphatic rings. The number of thiophene rings is 1. The lowest BCUT2D eigenvalue weighted by atomic mass is 10.2. The molecule has 0 unspecified atom stereocenters. The third kappa shape index (κ3) is 2.69. The van der Waals surface area contributed by atoms with E-state index in [1.807, 2.05) is 23.7 Å². The number of aromatic nitrogens is 2. The van der Waals surface area contributed by atoms with Crippen LogP contribution in [0.3, 0.4) is 0 Å². The molecule has 0 saturated carbocycles. The summed E-state index contributed by atoms with van der Waals surface area (Å²) in [6.07, 6.45) is 4.96. The number of rotatable bonds is 5. The molecule has 0 amide bonds. The highest BCUT2D eigenvalue weighted by Gasteiger charge is 2.07. The van der Waals surface area contributed by atoms with Gasteiger partial charge in [-0.15, -0.1) is 11.3 Å². The van der Waals surface area contributed by atoms with Crippen molar-refractivity contribution >= 4 is 17.3 Å². The minimum Gasteiger partial charge on any atom is -0.351 e. The zero-order valence-electron chi connectivity index (χ0n) is 10.6. The molecule has 3 nitrogen and oxygen atoms in total. The molecular formula is C13H19N3S. The van der Waals surface area contributed by atoms with Crippen molar-refractivity contribution in [2.24, 2.45) is 0 Å². The maximum Gasteiger partial charge on any atom is 0.203 e. The van der Waals surface area contributed by atoms with Crippen molar-refractivity contribution < 1.29 is 0 Å². The van der Waals surface area contributed by atoms with Crippen LogP contribution in [-0.2, 0) is 13.0 Å². The van der Waals surface area contributed by atoms with Gasteiger partial charge in [0, 0.05) is 23.3 Å². The van der Waals surface area contributed by atoms with E-state index < -0.39 is 0 Å². The van der Waals surface area contributed by atoms with Crippen LogP contribution in [0.2, 0.25) is 0 Å². The molecule has 0 atom stereocenters. The summed E-state index contributed by atoms with van der Waals surface area (Å²) in [6, 6.07) is 2.64. The Morgan fingerprint density at radius 2 is 2.29 bits per heavy atom. The van der Waals surface area contributed by atoms with E-state index in [1.165, 1.54) is 10.4 Å². The molecule has 1 N–H and O–H groups in total. The predicted molar refractivity (Wildman–Crippen MR) is 73.6 cm³/mol. The highest BCUT2D eigenvalue weighted by Crippen LogP contribution is 2.19. The van der Waals surface area contributed by atoms with Crippen LogP contribution in [0.25, 0.3) is 0 Å². The Balaban J connectivity index is 2.05. The fourth-order valence-corrected chi connectivity index (χ4v) is 2.78. The smallest absolute Gasteiger partial charge is 0.203 e. The third-order valence-corrected chi connectivity index (χ3v) is 3.81. The Kier molecular flexibility index (Phi) is 3.84. The summed E-state index contributed by atoms with van der Waals surface area (Å²) < 4.78 is 2.15. The lowest BCUT2D eigenvalue weighted by Crippen LogP contribution is -2.08. The van der Waals surface area contributed by atoms with Gasteiger partial charge in [-0.3, -0.25) is 0 Å². The second-order valence-electron chi connectivity index (χ2n) is 4.33. The molecule has 0 saturated heterocycles. The van der Waals surface area contributed by atoms with Crippen molar-refractivity contribution in [3.05, 3.63) is 34.3 Å². The molecule has 2 heterocycles. The number of nitrogens with zero attached hydrogens (tertiary/aromatic N) is 2. The van der Waals surface area contributed by atoms with Crippen LogP contribution < -0.4 is 5.32 Å². The summed E-state index contributed by atoms with van der Waals surface area (Å²) in [4.78, 5) is 5.76. The van der Waals surface area contributed by atoms with Crippen LogP contribution in [0.5, 0.6) is 0 Å². The molecular weight excluding hydrogens is 230 g/mol. The Morgan fingerprint density at radius 3 is 3.00 bits per heavy atom. The van der Waals surface area contributed by atoms with Crippen LogP contribution in [0, 0.1) is 0 Å². The Bertz CT molecular complexity index is 470. The molecule has 4 heteroatoms. The first kappa shape index (κ1) is 12.2. The summed E-state index contributed by atoms with van der Waals surface area (Å²) >= 11 is 1.81. The van der Waals surface area contributed by atoms with E-state index in [0.29, 0.717) is 6.04 Å². The highest BCUT2D eigenvalue weighted by molar-refractivity contribution is 7.10. The van der Waals surface area contributed by atoms with Crippen molar-refractivity contribution in [2.75, 3.05) is 5.32 Å². The molecule has 0 fully saturated rings.